The molecule has 0 radical (unpaired) electrons. The Hall–Kier alpha value is -2.33. The van der Waals surface area contributed by atoms with Gasteiger partial charge in [0, 0.05) is 18.7 Å². The Kier molecular flexibility index (Phi) is 4.50. The number of alkyl halides is 2. The molecule has 2 saturated heterocycles. The highest BCUT2D eigenvalue weighted by Crippen LogP contribution is 2.36. The number of carbonyl (C=O) groups is 1. The van der Waals surface area contributed by atoms with Crippen LogP contribution in [0.15, 0.2) is 10.6 Å². The molecule has 1 N–H and O–H groups in total. The molecule has 2 aliphatic rings. The fourth-order valence-electron chi connectivity index (χ4n) is 3.86. The summed E-state index contributed by atoms with van der Waals surface area (Å²) >= 11 is 0. The molecular formula is C18H20F3N3O4. The van der Waals surface area contributed by atoms with E-state index in [1.165, 1.54) is 6.07 Å². The summed E-state index contributed by atoms with van der Waals surface area (Å²) in [6.07, 6.45) is -0.268. The van der Waals surface area contributed by atoms with E-state index < -0.39 is 37.3 Å². The first-order valence-electron chi connectivity index (χ1n) is 8.99. The predicted octanol–water partition coefficient (Wildman–Crippen LogP) is 2.16. The van der Waals surface area contributed by atoms with Gasteiger partial charge in [0.1, 0.15) is 0 Å². The lowest BCUT2D eigenvalue weighted by Crippen LogP contribution is -2.58. The molecule has 1 amide bonds. The van der Waals surface area contributed by atoms with Crippen LogP contribution in [0, 0.1) is 5.82 Å². The Balaban J connectivity index is 1.74. The molecule has 2 fully saturated rings. The number of benzene rings is 1. The van der Waals surface area contributed by atoms with Crippen LogP contribution in [0.2, 0.25) is 0 Å². The van der Waals surface area contributed by atoms with E-state index in [-0.39, 0.29) is 40.1 Å². The van der Waals surface area contributed by atoms with Crippen LogP contribution in [0.5, 0.6) is 0 Å². The zero-order chi connectivity index (χ0) is 20.2. The summed E-state index contributed by atoms with van der Waals surface area (Å²) in [4.78, 5) is 15.1. The monoisotopic (exact) mass is 399 g/mol. The number of hydrogen-bond acceptors (Lipinski definition) is 6. The van der Waals surface area contributed by atoms with Crippen molar-refractivity contribution >= 4 is 22.6 Å². The van der Waals surface area contributed by atoms with Crippen molar-refractivity contribution in [2.75, 3.05) is 31.1 Å². The van der Waals surface area contributed by atoms with Crippen LogP contribution in [-0.4, -0.2) is 65.4 Å². The van der Waals surface area contributed by atoms with Crippen LogP contribution in [-0.2, 0) is 11.3 Å². The Morgan fingerprint density at radius 2 is 1.96 bits per heavy atom. The quantitative estimate of drug-likeness (QED) is 0.852. The van der Waals surface area contributed by atoms with Gasteiger partial charge in [0.2, 0.25) is 5.58 Å². The van der Waals surface area contributed by atoms with E-state index in [9.17, 15) is 18.7 Å². The minimum atomic E-state index is -2.92. The minimum absolute atomic E-state index is 0.0554. The summed E-state index contributed by atoms with van der Waals surface area (Å²) in [5.41, 5.74) is -0.0517. The molecule has 10 heteroatoms. The van der Waals surface area contributed by atoms with E-state index in [0.29, 0.717) is 13.1 Å². The number of ether oxygens (including phenoxy) is 1. The Morgan fingerprint density at radius 3 is 2.54 bits per heavy atom. The number of aliphatic hydroxyl groups is 1. The van der Waals surface area contributed by atoms with Gasteiger partial charge in [-0.25, -0.2) is 13.2 Å². The molecule has 2 aliphatic heterocycles. The van der Waals surface area contributed by atoms with E-state index in [0.717, 1.165) is 4.90 Å². The standard InChI is InChI=1S/C18H20F3N3O4/c1-9-4-23(5-10(2)27-9)15-11(6-25)3-12-14(22-28-16(12)13(15)19)17(26)24-7-18(20,21)8-24/h3,9-10,25H,4-8H2,1-2H3/t9-,10+. The van der Waals surface area contributed by atoms with Gasteiger partial charge in [-0.05, 0) is 19.9 Å². The van der Waals surface area contributed by atoms with Crippen molar-refractivity contribution in [2.45, 2.75) is 38.6 Å². The lowest BCUT2D eigenvalue weighted by molar-refractivity contribution is -0.113. The Bertz CT molecular complexity index is 914. The maximum absolute atomic E-state index is 15.3. The lowest BCUT2D eigenvalue weighted by Gasteiger charge is -2.38. The van der Waals surface area contributed by atoms with Crippen molar-refractivity contribution in [3.8, 4) is 0 Å². The topological polar surface area (TPSA) is 79.0 Å². The largest absolute Gasteiger partial charge is 0.392 e. The van der Waals surface area contributed by atoms with E-state index in [1.807, 2.05) is 13.8 Å². The molecule has 0 spiro atoms. The second kappa shape index (κ2) is 6.63. The highest BCUT2D eigenvalue weighted by molar-refractivity contribution is 6.05. The average Bonchev–Trinajstić information content (AvgIpc) is 3.02. The van der Waals surface area contributed by atoms with Gasteiger partial charge in [-0.15, -0.1) is 0 Å². The van der Waals surface area contributed by atoms with Gasteiger partial charge in [0.25, 0.3) is 11.8 Å². The Morgan fingerprint density at radius 1 is 1.32 bits per heavy atom. The number of rotatable bonds is 3. The number of likely N-dealkylation sites (tertiary alicyclic amines) is 1. The van der Waals surface area contributed by atoms with Crippen LogP contribution < -0.4 is 4.90 Å². The molecule has 2 atom stereocenters. The third-order valence-corrected chi connectivity index (χ3v) is 5.00. The summed E-state index contributed by atoms with van der Waals surface area (Å²) < 4.78 is 52.1. The van der Waals surface area contributed by atoms with Crippen LogP contribution in [0.25, 0.3) is 11.0 Å². The second-order valence-electron chi connectivity index (χ2n) is 7.44. The molecule has 3 heterocycles. The molecule has 28 heavy (non-hydrogen) atoms. The molecule has 1 aromatic heterocycles. The van der Waals surface area contributed by atoms with Crippen LogP contribution in [0.4, 0.5) is 18.9 Å². The summed E-state index contributed by atoms with van der Waals surface area (Å²) in [6, 6.07) is 1.43. The van der Waals surface area contributed by atoms with E-state index in [4.69, 9.17) is 9.26 Å². The Labute approximate surface area is 158 Å². The highest BCUT2D eigenvalue weighted by atomic mass is 19.3. The van der Waals surface area contributed by atoms with Crippen LogP contribution in [0.1, 0.15) is 29.9 Å². The van der Waals surface area contributed by atoms with Gasteiger partial charge >= 0.3 is 0 Å². The van der Waals surface area contributed by atoms with Crippen molar-refractivity contribution in [1.82, 2.24) is 10.1 Å². The molecule has 152 valence electrons. The molecule has 0 aliphatic carbocycles. The first-order chi connectivity index (χ1) is 13.2. The summed E-state index contributed by atoms with van der Waals surface area (Å²) in [5.74, 6) is -4.43. The molecule has 2 aromatic rings. The molecular weight excluding hydrogens is 379 g/mol. The number of fused-ring (bicyclic) bond motifs is 1. The summed E-state index contributed by atoms with van der Waals surface area (Å²) in [5, 5.41) is 13.5. The van der Waals surface area contributed by atoms with E-state index in [1.54, 1.807) is 4.90 Å². The number of aliphatic hydroxyl groups excluding tert-OH is 1. The molecule has 0 saturated carbocycles. The summed E-state index contributed by atoms with van der Waals surface area (Å²) in [7, 11) is 0. The van der Waals surface area contributed by atoms with Crippen molar-refractivity contribution in [3.63, 3.8) is 0 Å². The zero-order valence-electron chi connectivity index (χ0n) is 15.4. The fraction of sp³-hybridized carbons (Fsp3) is 0.556. The first kappa shape index (κ1) is 19.0. The third kappa shape index (κ3) is 3.10. The normalized spacial score (nSPS) is 24.5. The number of morpholine rings is 1. The minimum Gasteiger partial charge on any atom is -0.392 e. The van der Waals surface area contributed by atoms with Crippen LogP contribution >= 0.6 is 0 Å². The molecule has 1 aromatic carbocycles. The first-order valence-corrected chi connectivity index (χ1v) is 8.99. The second-order valence-corrected chi connectivity index (χ2v) is 7.44. The zero-order valence-corrected chi connectivity index (χ0v) is 15.4. The molecule has 0 unspecified atom stereocenters. The van der Waals surface area contributed by atoms with Crippen molar-refractivity contribution in [1.29, 1.82) is 0 Å². The maximum Gasteiger partial charge on any atom is 0.282 e. The van der Waals surface area contributed by atoms with Gasteiger partial charge in [-0.1, -0.05) is 5.16 Å². The van der Waals surface area contributed by atoms with Gasteiger partial charge in [0.15, 0.2) is 11.5 Å². The smallest absolute Gasteiger partial charge is 0.282 e. The van der Waals surface area contributed by atoms with Gasteiger partial charge < -0.3 is 24.2 Å². The van der Waals surface area contributed by atoms with Gasteiger partial charge in [-0.2, -0.15) is 0 Å². The SMILES string of the molecule is C[C@@H]1CN(c2c(CO)cc3c(C(=O)N4CC(F)(F)C4)noc3c2F)C[C@H](C)O1. The van der Waals surface area contributed by atoms with Crippen molar-refractivity contribution in [2.24, 2.45) is 0 Å². The lowest BCUT2D eigenvalue weighted by atomic mass is 10.0. The maximum atomic E-state index is 15.3. The van der Waals surface area contributed by atoms with E-state index in [2.05, 4.69) is 5.16 Å². The number of nitrogens with zero attached hydrogens (tertiary/aromatic N) is 3. The van der Waals surface area contributed by atoms with Gasteiger partial charge in [0.05, 0.1) is 43.0 Å². The molecule has 7 nitrogen and oxygen atoms in total. The average molecular weight is 399 g/mol. The number of aromatic nitrogens is 1. The number of carbonyl (C=O) groups excluding carboxylic acids is 1. The molecule has 4 rings (SSSR count). The van der Waals surface area contributed by atoms with Crippen molar-refractivity contribution < 1.29 is 32.3 Å². The molecule has 0 bridgehead atoms. The third-order valence-electron chi connectivity index (χ3n) is 5.00. The predicted molar refractivity (Wildman–Crippen MR) is 93.0 cm³/mol. The number of amides is 1. The summed E-state index contributed by atoms with van der Waals surface area (Å²) in [6.45, 7) is 2.68. The van der Waals surface area contributed by atoms with Crippen molar-refractivity contribution in [3.05, 3.63) is 23.1 Å². The van der Waals surface area contributed by atoms with E-state index >= 15 is 4.39 Å². The highest BCUT2D eigenvalue weighted by Gasteiger charge is 2.47. The van der Waals surface area contributed by atoms with Gasteiger partial charge in [-0.3, -0.25) is 4.79 Å². The van der Waals surface area contributed by atoms with Crippen LogP contribution in [0.3, 0.4) is 0 Å². The fourth-order valence-corrected chi connectivity index (χ4v) is 3.86. The number of anilines is 1. The number of halogens is 3. The number of hydrogen-bond donors (Lipinski definition) is 1.